The summed E-state index contributed by atoms with van der Waals surface area (Å²) in [7, 11) is 0. The van der Waals surface area contributed by atoms with Gasteiger partial charge in [0.2, 0.25) is 0 Å². The highest BCUT2D eigenvalue weighted by Crippen LogP contribution is 2.33. The average molecular weight is 493 g/mol. The number of amides is 3. The maximum atomic E-state index is 12.9. The number of fused-ring (bicyclic) bond motifs is 1. The molecule has 1 N–H and O–H groups in total. The Bertz CT molecular complexity index is 1260. The highest BCUT2D eigenvalue weighted by atomic mass is 32.1. The predicted octanol–water partition coefficient (Wildman–Crippen LogP) is 4.76. The van der Waals surface area contributed by atoms with Gasteiger partial charge in [-0.25, -0.2) is 4.79 Å². The molecule has 3 aromatic rings. The Hall–Kier alpha value is -3.98. The lowest BCUT2D eigenvalue weighted by Crippen LogP contribution is -2.28. The molecule has 9 heteroatoms. The van der Waals surface area contributed by atoms with Crippen molar-refractivity contribution >= 4 is 40.0 Å². The van der Waals surface area contributed by atoms with Crippen LogP contribution in [0.25, 0.3) is 0 Å². The SMILES string of the molecule is CCOC(=O)c1cc(CN2C(=O)c3ccccc3C2=O)sc1NC(=O)c1ccc(OC(C)C)cc1. The number of carbonyl (C=O) groups excluding carboxylic acids is 4. The van der Waals surface area contributed by atoms with Gasteiger partial charge in [0.1, 0.15) is 10.8 Å². The van der Waals surface area contributed by atoms with Gasteiger partial charge in [0.05, 0.1) is 35.9 Å². The first kappa shape index (κ1) is 24.2. The van der Waals surface area contributed by atoms with Gasteiger partial charge in [-0.2, -0.15) is 0 Å². The molecule has 2 heterocycles. The Labute approximate surface area is 206 Å². The van der Waals surface area contributed by atoms with Crippen LogP contribution in [-0.2, 0) is 11.3 Å². The van der Waals surface area contributed by atoms with Crippen molar-refractivity contribution in [3.05, 3.63) is 81.7 Å². The van der Waals surface area contributed by atoms with Crippen LogP contribution >= 0.6 is 11.3 Å². The number of carbonyl (C=O) groups is 4. The van der Waals surface area contributed by atoms with Gasteiger partial charge < -0.3 is 14.8 Å². The maximum absolute atomic E-state index is 12.9. The molecule has 0 atom stereocenters. The van der Waals surface area contributed by atoms with E-state index in [1.54, 1.807) is 61.5 Å². The zero-order valence-corrected chi connectivity index (χ0v) is 20.3. The maximum Gasteiger partial charge on any atom is 0.341 e. The van der Waals surface area contributed by atoms with Crippen LogP contribution in [-0.4, -0.2) is 41.3 Å². The number of hydrogen-bond acceptors (Lipinski definition) is 7. The number of thiophene rings is 1. The molecule has 0 saturated heterocycles. The van der Waals surface area contributed by atoms with Crippen molar-refractivity contribution in [1.29, 1.82) is 0 Å². The van der Waals surface area contributed by atoms with Crippen LogP contribution in [0.2, 0.25) is 0 Å². The summed E-state index contributed by atoms with van der Waals surface area (Å²) in [6, 6.07) is 14.8. The van der Waals surface area contributed by atoms with E-state index >= 15 is 0 Å². The number of hydrogen-bond donors (Lipinski definition) is 1. The predicted molar refractivity (Wildman–Crippen MR) is 131 cm³/mol. The molecular formula is C26H24N2O6S. The molecule has 0 aliphatic carbocycles. The summed E-state index contributed by atoms with van der Waals surface area (Å²) in [5.41, 5.74) is 1.24. The van der Waals surface area contributed by atoms with E-state index in [9.17, 15) is 19.2 Å². The smallest absolute Gasteiger partial charge is 0.341 e. The molecule has 0 unspecified atom stereocenters. The Balaban J connectivity index is 1.56. The molecule has 1 aromatic heterocycles. The summed E-state index contributed by atoms with van der Waals surface area (Å²) in [6.45, 7) is 5.64. The van der Waals surface area contributed by atoms with Gasteiger partial charge in [-0.15, -0.1) is 11.3 Å². The number of benzene rings is 2. The van der Waals surface area contributed by atoms with E-state index in [0.29, 0.717) is 27.3 Å². The molecule has 4 rings (SSSR count). The molecule has 1 aliphatic rings. The van der Waals surface area contributed by atoms with Gasteiger partial charge in [0.25, 0.3) is 17.7 Å². The van der Waals surface area contributed by atoms with Crippen molar-refractivity contribution in [2.45, 2.75) is 33.4 Å². The second kappa shape index (κ2) is 10.1. The second-order valence-electron chi connectivity index (χ2n) is 8.06. The van der Waals surface area contributed by atoms with Crippen LogP contribution in [0.15, 0.2) is 54.6 Å². The molecular weight excluding hydrogens is 468 g/mol. The molecule has 2 aromatic carbocycles. The largest absolute Gasteiger partial charge is 0.491 e. The highest BCUT2D eigenvalue weighted by molar-refractivity contribution is 7.16. The fourth-order valence-electron chi connectivity index (χ4n) is 3.64. The van der Waals surface area contributed by atoms with Crippen molar-refractivity contribution in [1.82, 2.24) is 4.90 Å². The Morgan fingerprint density at radius 1 is 1.00 bits per heavy atom. The summed E-state index contributed by atoms with van der Waals surface area (Å²) < 4.78 is 10.7. The minimum absolute atomic E-state index is 0.00788. The lowest BCUT2D eigenvalue weighted by atomic mass is 10.1. The topological polar surface area (TPSA) is 102 Å². The van der Waals surface area contributed by atoms with Gasteiger partial charge >= 0.3 is 5.97 Å². The molecule has 3 amide bonds. The summed E-state index contributed by atoms with van der Waals surface area (Å²) in [6.07, 6.45) is 0.00788. The molecule has 1 aliphatic heterocycles. The third-order valence-corrected chi connectivity index (χ3v) is 6.22. The third-order valence-electron chi connectivity index (χ3n) is 5.19. The third kappa shape index (κ3) is 5.09. The van der Waals surface area contributed by atoms with E-state index in [1.807, 2.05) is 13.8 Å². The Kier molecular flexibility index (Phi) is 6.97. The zero-order valence-electron chi connectivity index (χ0n) is 19.5. The van der Waals surface area contributed by atoms with E-state index in [0.717, 1.165) is 16.2 Å². The molecule has 35 heavy (non-hydrogen) atoms. The van der Waals surface area contributed by atoms with E-state index in [1.165, 1.54) is 0 Å². The first-order valence-electron chi connectivity index (χ1n) is 11.1. The summed E-state index contributed by atoms with van der Waals surface area (Å²) in [5, 5.41) is 3.04. The van der Waals surface area contributed by atoms with Crippen molar-refractivity contribution in [2.24, 2.45) is 0 Å². The number of nitrogens with one attached hydrogen (secondary N) is 1. The van der Waals surface area contributed by atoms with Gasteiger partial charge in [-0.05, 0) is 63.2 Å². The molecule has 0 saturated carbocycles. The first-order valence-corrected chi connectivity index (χ1v) is 11.9. The van der Waals surface area contributed by atoms with Crippen LogP contribution in [0.5, 0.6) is 5.75 Å². The molecule has 0 radical (unpaired) electrons. The zero-order chi connectivity index (χ0) is 25.1. The van der Waals surface area contributed by atoms with Crippen LogP contribution in [0, 0.1) is 0 Å². The van der Waals surface area contributed by atoms with Gasteiger partial charge in [-0.3, -0.25) is 19.3 Å². The Morgan fingerprint density at radius 2 is 1.63 bits per heavy atom. The van der Waals surface area contributed by atoms with E-state index in [4.69, 9.17) is 9.47 Å². The van der Waals surface area contributed by atoms with Crippen LogP contribution < -0.4 is 10.1 Å². The van der Waals surface area contributed by atoms with Crippen molar-refractivity contribution in [2.75, 3.05) is 11.9 Å². The second-order valence-corrected chi connectivity index (χ2v) is 9.20. The van der Waals surface area contributed by atoms with E-state index in [-0.39, 0.29) is 29.8 Å². The van der Waals surface area contributed by atoms with Gasteiger partial charge in [-0.1, -0.05) is 12.1 Å². The highest BCUT2D eigenvalue weighted by Gasteiger charge is 2.35. The normalized spacial score (nSPS) is 12.6. The summed E-state index contributed by atoms with van der Waals surface area (Å²) in [5.74, 6) is -1.17. The molecule has 180 valence electrons. The average Bonchev–Trinajstić information content (AvgIpc) is 3.34. The van der Waals surface area contributed by atoms with Crippen molar-refractivity contribution in [3.8, 4) is 5.75 Å². The lowest BCUT2D eigenvalue weighted by molar-refractivity contribution is 0.0527. The number of rotatable bonds is 8. The molecule has 0 bridgehead atoms. The monoisotopic (exact) mass is 492 g/mol. The van der Waals surface area contributed by atoms with Crippen molar-refractivity contribution < 1.29 is 28.7 Å². The van der Waals surface area contributed by atoms with Gasteiger partial charge in [0, 0.05) is 10.4 Å². The fourth-order valence-corrected chi connectivity index (χ4v) is 4.67. The number of anilines is 1. The molecule has 0 fully saturated rings. The summed E-state index contributed by atoms with van der Waals surface area (Å²) in [4.78, 5) is 52.6. The van der Waals surface area contributed by atoms with E-state index in [2.05, 4.69) is 5.32 Å². The van der Waals surface area contributed by atoms with Gasteiger partial charge in [0.15, 0.2) is 0 Å². The first-order chi connectivity index (χ1) is 16.8. The molecule has 8 nitrogen and oxygen atoms in total. The fraction of sp³-hybridized carbons (Fsp3) is 0.231. The van der Waals surface area contributed by atoms with E-state index < -0.39 is 23.7 Å². The Morgan fingerprint density at radius 3 is 2.20 bits per heavy atom. The van der Waals surface area contributed by atoms with Crippen LogP contribution in [0.1, 0.15) is 67.1 Å². The minimum atomic E-state index is -0.603. The number of nitrogens with zero attached hydrogens (tertiary/aromatic N) is 1. The number of imide groups is 1. The summed E-state index contributed by atoms with van der Waals surface area (Å²) >= 11 is 1.11. The van der Waals surface area contributed by atoms with Crippen LogP contribution in [0.4, 0.5) is 5.00 Å². The number of esters is 1. The number of ether oxygens (including phenoxy) is 2. The quantitative estimate of drug-likeness (QED) is 0.359. The standard InChI is InChI=1S/C26H24N2O6S/c1-4-33-26(32)21-13-18(14-28-24(30)19-7-5-6-8-20(19)25(28)31)35-23(21)27-22(29)16-9-11-17(12-10-16)34-15(2)3/h5-13,15H,4,14H2,1-3H3,(H,27,29). The minimum Gasteiger partial charge on any atom is -0.491 e. The van der Waals surface area contributed by atoms with Crippen molar-refractivity contribution in [3.63, 3.8) is 0 Å². The molecule has 0 spiro atoms. The van der Waals surface area contributed by atoms with Crippen LogP contribution in [0.3, 0.4) is 0 Å². The lowest BCUT2D eigenvalue weighted by Gasteiger charge is -2.12.